The molecule has 16 heavy (non-hydrogen) atoms. The van der Waals surface area contributed by atoms with E-state index >= 15 is 0 Å². The number of alkyl halides is 1. The first-order chi connectivity index (χ1) is 7.74. The van der Waals surface area contributed by atoms with E-state index in [0.29, 0.717) is 12.0 Å². The first-order valence-corrected chi connectivity index (χ1v) is 7.19. The van der Waals surface area contributed by atoms with Gasteiger partial charge in [0.1, 0.15) is 0 Å². The Morgan fingerprint density at radius 1 is 1.19 bits per heavy atom. The fraction of sp³-hybridized carbons (Fsp3) is 0.571. The first-order valence-electron chi connectivity index (χ1n) is 6.07. The van der Waals surface area contributed by atoms with Crippen molar-refractivity contribution in [1.29, 1.82) is 0 Å². The third-order valence-electron chi connectivity index (χ3n) is 3.05. The highest BCUT2D eigenvalue weighted by Crippen LogP contribution is 2.06. The molecule has 1 N–H and O–H groups in total. The molecule has 90 valence electrons. The molecule has 1 rings (SSSR count). The van der Waals surface area contributed by atoms with E-state index in [-0.39, 0.29) is 0 Å². The summed E-state index contributed by atoms with van der Waals surface area (Å²) in [5.41, 5.74) is 1.44. The zero-order chi connectivity index (χ0) is 11.8. The summed E-state index contributed by atoms with van der Waals surface area (Å²) in [6.07, 6.45) is 2.38. The summed E-state index contributed by atoms with van der Waals surface area (Å²) in [6.45, 7) is 5.63. The number of hydrogen-bond donors (Lipinski definition) is 1. The van der Waals surface area contributed by atoms with E-state index in [1.807, 2.05) is 0 Å². The molecule has 0 radical (unpaired) electrons. The number of nitrogens with one attached hydrogen (secondary N) is 1. The second-order valence-corrected chi connectivity index (χ2v) is 5.11. The van der Waals surface area contributed by atoms with Crippen LogP contribution >= 0.6 is 15.9 Å². The second-order valence-electron chi connectivity index (χ2n) is 4.46. The Hall–Kier alpha value is -0.340. The van der Waals surface area contributed by atoms with Gasteiger partial charge in [0.2, 0.25) is 0 Å². The van der Waals surface area contributed by atoms with Crippen LogP contribution in [0.25, 0.3) is 0 Å². The molecule has 0 saturated carbocycles. The molecule has 1 aromatic rings. The minimum absolute atomic E-state index is 0.593. The van der Waals surface area contributed by atoms with Gasteiger partial charge in [-0.15, -0.1) is 0 Å². The summed E-state index contributed by atoms with van der Waals surface area (Å²) >= 11 is 3.52. The van der Waals surface area contributed by atoms with Gasteiger partial charge in [0.15, 0.2) is 0 Å². The second kappa shape index (κ2) is 7.86. The zero-order valence-electron chi connectivity index (χ0n) is 10.2. The van der Waals surface area contributed by atoms with Gasteiger partial charge in [-0.2, -0.15) is 0 Å². The molecule has 0 aliphatic heterocycles. The highest BCUT2D eigenvalue weighted by atomic mass is 79.9. The van der Waals surface area contributed by atoms with Crippen molar-refractivity contribution in [3.05, 3.63) is 35.9 Å². The van der Waals surface area contributed by atoms with Crippen LogP contribution in [0, 0.1) is 5.92 Å². The molecular weight excluding hydrogens is 262 g/mol. The Bertz CT molecular complexity index is 273. The van der Waals surface area contributed by atoms with Crippen LogP contribution < -0.4 is 5.32 Å². The monoisotopic (exact) mass is 283 g/mol. The molecule has 0 aliphatic carbocycles. The average molecular weight is 284 g/mol. The van der Waals surface area contributed by atoms with Crippen LogP contribution in [0.5, 0.6) is 0 Å². The summed E-state index contributed by atoms with van der Waals surface area (Å²) in [5.74, 6) is 0.691. The highest BCUT2D eigenvalue weighted by Gasteiger charge is 2.08. The molecule has 0 bridgehead atoms. The molecule has 0 heterocycles. The van der Waals surface area contributed by atoms with E-state index in [1.165, 1.54) is 18.4 Å². The topological polar surface area (TPSA) is 12.0 Å². The molecule has 1 nitrogen and oxygen atoms in total. The van der Waals surface area contributed by atoms with Crippen molar-refractivity contribution >= 4 is 15.9 Å². The van der Waals surface area contributed by atoms with Crippen molar-refractivity contribution in [2.45, 2.75) is 32.7 Å². The maximum atomic E-state index is 3.57. The molecule has 0 fully saturated rings. The van der Waals surface area contributed by atoms with Crippen molar-refractivity contribution < 1.29 is 0 Å². The lowest BCUT2D eigenvalue weighted by atomic mass is 10.1. The van der Waals surface area contributed by atoms with Gasteiger partial charge in [-0.05, 0) is 37.8 Å². The summed E-state index contributed by atoms with van der Waals surface area (Å²) in [5, 5.41) is 4.64. The van der Waals surface area contributed by atoms with E-state index in [0.717, 1.165) is 11.9 Å². The fourth-order valence-corrected chi connectivity index (χ4v) is 2.16. The predicted molar refractivity (Wildman–Crippen MR) is 75.2 cm³/mol. The SMILES string of the molecule is CC(CBr)C(C)NCCCc1ccccc1. The molecule has 2 heteroatoms. The van der Waals surface area contributed by atoms with Crippen molar-refractivity contribution in [3.63, 3.8) is 0 Å². The molecule has 0 aromatic heterocycles. The molecule has 2 unspecified atom stereocenters. The lowest BCUT2D eigenvalue weighted by Gasteiger charge is -2.19. The number of halogens is 1. The molecule has 0 aliphatic rings. The lowest BCUT2D eigenvalue weighted by molar-refractivity contribution is 0.431. The maximum absolute atomic E-state index is 3.57. The van der Waals surface area contributed by atoms with Crippen LogP contribution in [0.1, 0.15) is 25.8 Å². The smallest absolute Gasteiger partial charge is 0.00723 e. The largest absolute Gasteiger partial charge is 0.314 e. The minimum Gasteiger partial charge on any atom is -0.314 e. The van der Waals surface area contributed by atoms with Crippen LogP contribution in [0.2, 0.25) is 0 Å². The Labute approximate surface area is 108 Å². The van der Waals surface area contributed by atoms with Crippen LogP contribution in [0.4, 0.5) is 0 Å². The zero-order valence-corrected chi connectivity index (χ0v) is 11.8. The van der Waals surface area contributed by atoms with Crippen molar-refractivity contribution in [3.8, 4) is 0 Å². The number of hydrogen-bond acceptors (Lipinski definition) is 1. The Kier molecular flexibility index (Phi) is 6.74. The van der Waals surface area contributed by atoms with Crippen molar-refractivity contribution in [1.82, 2.24) is 5.32 Å². The molecule has 0 saturated heterocycles. The minimum atomic E-state index is 0.593. The van der Waals surface area contributed by atoms with E-state index in [2.05, 4.69) is 65.4 Å². The lowest BCUT2D eigenvalue weighted by Crippen LogP contribution is -2.33. The Morgan fingerprint density at radius 3 is 2.50 bits per heavy atom. The van der Waals surface area contributed by atoms with Gasteiger partial charge >= 0.3 is 0 Å². The summed E-state index contributed by atoms with van der Waals surface area (Å²) in [6, 6.07) is 11.3. The van der Waals surface area contributed by atoms with Gasteiger partial charge in [0.25, 0.3) is 0 Å². The Morgan fingerprint density at radius 2 is 1.88 bits per heavy atom. The third-order valence-corrected chi connectivity index (χ3v) is 4.07. The quantitative estimate of drug-likeness (QED) is 0.595. The van der Waals surface area contributed by atoms with E-state index in [1.54, 1.807) is 0 Å². The van der Waals surface area contributed by atoms with Gasteiger partial charge in [0, 0.05) is 11.4 Å². The van der Waals surface area contributed by atoms with Gasteiger partial charge in [-0.1, -0.05) is 53.2 Å². The van der Waals surface area contributed by atoms with Gasteiger partial charge in [-0.3, -0.25) is 0 Å². The van der Waals surface area contributed by atoms with Crippen molar-refractivity contribution in [2.24, 2.45) is 5.92 Å². The molecular formula is C14H22BrN. The fourth-order valence-electron chi connectivity index (χ4n) is 1.60. The third kappa shape index (κ3) is 5.13. The van der Waals surface area contributed by atoms with Crippen LogP contribution in [0.15, 0.2) is 30.3 Å². The molecule has 0 amide bonds. The van der Waals surface area contributed by atoms with Gasteiger partial charge in [0.05, 0.1) is 0 Å². The summed E-state index contributed by atoms with van der Waals surface area (Å²) in [7, 11) is 0. The van der Waals surface area contributed by atoms with E-state index in [9.17, 15) is 0 Å². The number of aryl methyl sites for hydroxylation is 1. The van der Waals surface area contributed by atoms with Crippen LogP contribution in [0.3, 0.4) is 0 Å². The van der Waals surface area contributed by atoms with Crippen LogP contribution in [-0.2, 0) is 6.42 Å². The molecule has 2 atom stereocenters. The number of benzene rings is 1. The highest BCUT2D eigenvalue weighted by molar-refractivity contribution is 9.09. The first kappa shape index (κ1) is 13.7. The number of rotatable bonds is 7. The molecule has 1 aromatic carbocycles. The van der Waals surface area contributed by atoms with E-state index < -0.39 is 0 Å². The summed E-state index contributed by atoms with van der Waals surface area (Å²) in [4.78, 5) is 0. The maximum Gasteiger partial charge on any atom is 0.00723 e. The summed E-state index contributed by atoms with van der Waals surface area (Å²) < 4.78 is 0. The normalized spacial score (nSPS) is 14.7. The Balaban J connectivity index is 2.13. The van der Waals surface area contributed by atoms with Crippen LogP contribution in [-0.4, -0.2) is 17.9 Å². The van der Waals surface area contributed by atoms with Gasteiger partial charge in [-0.25, -0.2) is 0 Å². The predicted octanol–water partition coefficient (Wildman–Crippen LogP) is 3.63. The van der Waals surface area contributed by atoms with Gasteiger partial charge < -0.3 is 5.32 Å². The standard InChI is InChI=1S/C14H22BrN/c1-12(11-15)13(2)16-10-6-9-14-7-4-3-5-8-14/h3-5,7-8,12-13,16H,6,9-11H2,1-2H3. The molecule has 0 spiro atoms. The average Bonchev–Trinajstić information content (AvgIpc) is 2.34. The van der Waals surface area contributed by atoms with Crippen molar-refractivity contribution in [2.75, 3.05) is 11.9 Å². The van der Waals surface area contributed by atoms with E-state index in [4.69, 9.17) is 0 Å².